The summed E-state index contributed by atoms with van der Waals surface area (Å²) >= 11 is 0. The molecule has 0 aliphatic heterocycles. The van der Waals surface area contributed by atoms with Crippen LogP contribution in [0.1, 0.15) is 59.8 Å². The minimum Gasteiger partial charge on any atom is -0.0856 e. The fourth-order valence-electron chi connectivity index (χ4n) is 3.81. The van der Waals surface area contributed by atoms with E-state index >= 15 is 0 Å². The van der Waals surface area contributed by atoms with Gasteiger partial charge in [0.25, 0.3) is 0 Å². The molecule has 2 aliphatic rings. The summed E-state index contributed by atoms with van der Waals surface area (Å²) in [5.74, 6) is 2.97. The molecule has 0 saturated heterocycles. The zero-order valence-corrected chi connectivity index (χ0v) is 10.8. The van der Waals surface area contributed by atoms with E-state index in [-0.39, 0.29) is 0 Å². The molecule has 15 heavy (non-hydrogen) atoms. The van der Waals surface area contributed by atoms with Crippen molar-refractivity contribution in [3.05, 3.63) is 11.6 Å². The minimum absolute atomic E-state index is 0.629. The van der Waals surface area contributed by atoms with Crippen molar-refractivity contribution < 1.29 is 0 Å². The molecule has 2 aliphatic carbocycles. The van der Waals surface area contributed by atoms with Crippen LogP contribution in [0, 0.1) is 23.2 Å². The van der Waals surface area contributed by atoms with Crippen molar-refractivity contribution >= 4 is 0 Å². The van der Waals surface area contributed by atoms with Crippen molar-refractivity contribution in [2.45, 2.75) is 59.8 Å². The number of fused-ring (bicyclic) bond motifs is 1. The van der Waals surface area contributed by atoms with Crippen LogP contribution in [-0.4, -0.2) is 0 Å². The number of hydrogen-bond donors (Lipinski definition) is 0. The third-order valence-corrected chi connectivity index (χ3v) is 4.98. The van der Waals surface area contributed by atoms with E-state index < -0.39 is 0 Å². The molecule has 0 amide bonds. The summed E-state index contributed by atoms with van der Waals surface area (Å²) in [4.78, 5) is 0. The third-order valence-electron chi connectivity index (χ3n) is 4.98. The van der Waals surface area contributed by atoms with Crippen molar-refractivity contribution in [3.63, 3.8) is 0 Å². The van der Waals surface area contributed by atoms with Gasteiger partial charge in [-0.15, -0.1) is 0 Å². The maximum absolute atomic E-state index is 2.48. The van der Waals surface area contributed by atoms with Crippen LogP contribution in [-0.2, 0) is 0 Å². The van der Waals surface area contributed by atoms with E-state index in [9.17, 15) is 0 Å². The highest BCUT2D eigenvalue weighted by atomic mass is 14.5. The summed E-state index contributed by atoms with van der Waals surface area (Å²) in [5.41, 5.74) is 2.26. The Bertz CT molecular complexity index is 259. The van der Waals surface area contributed by atoms with Gasteiger partial charge in [0.05, 0.1) is 0 Å². The summed E-state index contributed by atoms with van der Waals surface area (Å²) in [5, 5.41) is 0. The van der Waals surface area contributed by atoms with E-state index in [1.807, 2.05) is 0 Å². The summed E-state index contributed by atoms with van der Waals surface area (Å²) in [6.07, 6.45) is 9.46. The Balaban J connectivity index is 2.08. The van der Waals surface area contributed by atoms with E-state index in [2.05, 4.69) is 33.8 Å². The molecule has 0 nitrogen and oxygen atoms in total. The molecule has 3 atom stereocenters. The van der Waals surface area contributed by atoms with Crippen molar-refractivity contribution in [1.82, 2.24) is 0 Å². The zero-order valence-electron chi connectivity index (χ0n) is 10.8. The van der Waals surface area contributed by atoms with Gasteiger partial charge in [0.15, 0.2) is 0 Å². The lowest BCUT2D eigenvalue weighted by atomic mass is 9.51. The number of rotatable bonds is 0. The SMILES string of the molecule is CC1=CCCC(C)C2CC(C)(C)C2CC1. The van der Waals surface area contributed by atoms with E-state index in [1.165, 1.54) is 32.1 Å². The summed E-state index contributed by atoms with van der Waals surface area (Å²) in [7, 11) is 0. The normalized spacial score (nSPS) is 40.3. The molecule has 0 heterocycles. The second kappa shape index (κ2) is 3.96. The smallest absolute Gasteiger partial charge is 0.0320 e. The Labute approximate surface area is 95.1 Å². The quantitative estimate of drug-likeness (QED) is 0.499. The topological polar surface area (TPSA) is 0 Å². The Morgan fingerprint density at radius 1 is 1.27 bits per heavy atom. The van der Waals surface area contributed by atoms with Crippen LogP contribution in [0.4, 0.5) is 0 Å². The minimum atomic E-state index is 0.629. The van der Waals surface area contributed by atoms with E-state index in [1.54, 1.807) is 5.57 Å². The van der Waals surface area contributed by atoms with Crippen LogP contribution in [0.3, 0.4) is 0 Å². The number of hydrogen-bond acceptors (Lipinski definition) is 0. The molecule has 0 heteroatoms. The molecule has 2 rings (SSSR count). The van der Waals surface area contributed by atoms with Crippen LogP contribution >= 0.6 is 0 Å². The summed E-state index contributed by atoms with van der Waals surface area (Å²) < 4.78 is 0. The maximum atomic E-state index is 2.48. The lowest BCUT2D eigenvalue weighted by Crippen LogP contribution is -2.46. The molecule has 0 bridgehead atoms. The average molecular weight is 206 g/mol. The average Bonchev–Trinajstić information content (AvgIpc) is 2.18. The van der Waals surface area contributed by atoms with Crippen LogP contribution in [0.5, 0.6) is 0 Å². The van der Waals surface area contributed by atoms with Crippen LogP contribution in [0.2, 0.25) is 0 Å². The van der Waals surface area contributed by atoms with Crippen molar-refractivity contribution in [2.75, 3.05) is 0 Å². The van der Waals surface area contributed by atoms with Crippen LogP contribution in [0.15, 0.2) is 11.6 Å². The van der Waals surface area contributed by atoms with Gasteiger partial charge in [-0.25, -0.2) is 0 Å². The standard InChI is InChI=1S/C15H26/c1-11-6-5-7-12(2)13-10-15(3,4)14(13)9-8-11/h6,12-14H,5,7-10H2,1-4H3. The van der Waals surface area contributed by atoms with Gasteiger partial charge < -0.3 is 0 Å². The molecular formula is C15H26. The predicted octanol–water partition coefficient (Wildman–Crippen LogP) is 4.81. The third kappa shape index (κ3) is 2.14. The van der Waals surface area contributed by atoms with Gasteiger partial charge in [-0.2, -0.15) is 0 Å². The molecule has 0 aromatic heterocycles. The molecule has 86 valence electrons. The first-order chi connectivity index (χ1) is 7.00. The summed E-state index contributed by atoms with van der Waals surface area (Å²) in [6.45, 7) is 9.73. The predicted molar refractivity (Wildman–Crippen MR) is 66.8 cm³/mol. The van der Waals surface area contributed by atoms with E-state index in [0.29, 0.717) is 5.41 Å². The molecule has 0 aromatic carbocycles. The first-order valence-electron chi connectivity index (χ1n) is 6.66. The molecular weight excluding hydrogens is 180 g/mol. The highest BCUT2D eigenvalue weighted by Gasteiger charge is 2.48. The van der Waals surface area contributed by atoms with Gasteiger partial charge in [-0.05, 0) is 62.2 Å². The lowest BCUT2D eigenvalue weighted by Gasteiger charge is -2.54. The van der Waals surface area contributed by atoms with Gasteiger partial charge in [0.2, 0.25) is 0 Å². The van der Waals surface area contributed by atoms with E-state index in [4.69, 9.17) is 0 Å². The van der Waals surface area contributed by atoms with Gasteiger partial charge in [-0.3, -0.25) is 0 Å². The molecule has 0 N–H and O–H groups in total. The molecule has 0 spiro atoms. The van der Waals surface area contributed by atoms with Crippen LogP contribution < -0.4 is 0 Å². The largest absolute Gasteiger partial charge is 0.0856 e. The monoisotopic (exact) mass is 206 g/mol. The highest BCUT2D eigenvalue weighted by molar-refractivity contribution is 5.05. The van der Waals surface area contributed by atoms with Crippen LogP contribution in [0.25, 0.3) is 0 Å². The second-order valence-corrected chi connectivity index (χ2v) is 6.61. The maximum Gasteiger partial charge on any atom is -0.0320 e. The Morgan fingerprint density at radius 2 is 2.00 bits per heavy atom. The Morgan fingerprint density at radius 3 is 2.67 bits per heavy atom. The fraction of sp³-hybridized carbons (Fsp3) is 0.867. The van der Waals surface area contributed by atoms with E-state index in [0.717, 1.165) is 17.8 Å². The van der Waals surface area contributed by atoms with Crippen molar-refractivity contribution in [2.24, 2.45) is 23.2 Å². The van der Waals surface area contributed by atoms with Gasteiger partial charge in [0, 0.05) is 0 Å². The van der Waals surface area contributed by atoms with Gasteiger partial charge >= 0.3 is 0 Å². The van der Waals surface area contributed by atoms with Crippen molar-refractivity contribution in [1.29, 1.82) is 0 Å². The molecule has 0 aromatic rings. The highest BCUT2D eigenvalue weighted by Crippen LogP contribution is 2.56. The first-order valence-corrected chi connectivity index (χ1v) is 6.66. The molecule has 1 fully saturated rings. The fourth-order valence-corrected chi connectivity index (χ4v) is 3.81. The molecule has 0 radical (unpaired) electrons. The van der Waals surface area contributed by atoms with Crippen molar-refractivity contribution in [3.8, 4) is 0 Å². The first kappa shape index (κ1) is 11.2. The van der Waals surface area contributed by atoms with Gasteiger partial charge in [-0.1, -0.05) is 32.4 Å². The number of allylic oxidation sites excluding steroid dienone is 2. The second-order valence-electron chi connectivity index (χ2n) is 6.61. The zero-order chi connectivity index (χ0) is 11.1. The Kier molecular flexibility index (Phi) is 2.96. The van der Waals surface area contributed by atoms with Gasteiger partial charge in [0.1, 0.15) is 0 Å². The lowest BCUT2D eigenvalue weighted by molar-refractivity contribution is -0.0483. The molecule has 1 saturated carbocycles. The Hall–Kier alpha value is -0.260. The summed E-state index contributed by atoms with van der Waals surface area (Å²) in [6, 6.07) is 0. The molecule has 3 unspecified atom stereocenters.